The number of nitrogens with one attached hydrogen (secondary N) is 1. The summed E-state index contributed by atoms with van der Waals surface area (Å²) in [5, 5.41) is 3.40. The number of nitrogens with zero attached hydrogens (tertiary/aromatic N) is 4. The number of anilines is 1. The van der Waals surface area contributed by atoms with Crippen LogP contribution in [0.3, 0.4) is 0 Å². The molecule has 3 aromatic rings. The van der Waals surface area contributed by atoms with Crippen LogP contribution in [0.4, 0.5) is 5.69 Å². The molecule has 3 atom stereocenters. The van der Waals surface area contributed by atoms with Gasteiger partial charge in [0.1, 0.15) is 35.9 Å². The van der Waals surface area contributed by atoms with Crippen LogP contribution in [0.15, 0.2) is 53.3 Å². The molecular weight excluding hydrogens is 434 g/mol. The first kappa shape index (κ1) is 18.8. The van der Waals surface area contributed by atoms with Crippen LogP contribution < -0.4 is 15.8 Å². The van der Waals surface area contributed by atoms with Crippen molar-refractivity contribution >= 4 is 28.4 Å². The highest BCUT2D eigenvalue weighted by Crippen LogP contribution is 2.63. The Hall–Kier alpha value is -3.56. The van der Waals surface area contributed by atoms with Crippen molar-refractivity contribution in [2.24, 2.45) is 0 Å². The summed E-state index contributed by atoms with van der Waals surface area (Å²) < 4.78 is 8.10. The number of carbonyl (C=O) groups is 2. The largest absolute Gasteiger partial charge is 0.351 e. The molecular formula is C25H21N5O4. The molecule has 1 saturated carbocycles. The maximum atomic E-state index is 13.6. The second kappa shape index (κ2) is 5.92. The van der Waals surface area contributed by atoms with E-state index in [1.807, 2.05) is 41.3 Å². The third kappa shape index (κ3) is 2.00. The Labute approximate surface area is 193 Å². The molecule has 1 aliphatic carbocycles. The standard InChI is InChI=1S/C25H21N5O4/c31-20-18(29-19(12-26-20)27-16-7-3-1-5-14(16)21(29)32)11-25-15-6-2-4-8-17(15)30-22(25)28(13-34-25)24(9-10-24)23(30)33/h1-8,18,22H,9-13H2,(H,26,31). The van der Waals surface area contributed by atoms with Gasteiger partial charge >= 0.3 is 0 Å². The predicted molar refractivity (Wildman–Crippen MR) is 121 cm³/mol. The van der Waals surface area contributed by atoms with Gasteiger partial charge in [-0.1, -0.05) is 30.3 Å². The summed E-state index contributed by atoms with van der Waals surface area (Å²) in [7, 11) is 0. The third-order valence-electron chi connectivity index (χ3n) is 8.34. The average molecular weight is 455 g/mol. The van der Waals surface area contributed by atoms with Crippen molar-refractivity contribution in [2.45, 2.75) is 49.2 Å². The smallest absolute Gasteiger partial charge is 0.262 e. The number of carbonyl (C=O) groups excluding carboxylic acids is 2. The number of benzene rings is 2. The Bertz CT molecular complexity index is 1510. The van der Waals surface area contributed by atoms with Gasteiger partial charge in [0.25, 0.3) is 5.56 Å². The zero-order valence-corrected chi connectivity index (χ0v) is 18.2. The SMILES string of the molecule is O=C1NCc2nc3ccccc3c(=O)n2C1CC12OCN3C1N(C(=O)C31CC1)c1ccccc12. The minimum atomic E-state index is -0.903. The van der Waals surface area contributed by atoms with Gasteiger partial charge in [-0.3, -0.25) is 23.9 Å². The summed E-state index contributed by atoms with van der Waals surface area (Å²) in [4.78, 5) is 49.1. The quantitative estimate of drug-likeness (QED) is 0.627. The van der Waals surface area contributed by atoms with Crippen molar-refractivity contribution in [1.82, 2.24) is 19.8 Å². The zero-order chi connectivity index (χ0) is 22.8. The van der Waals surface area contributed by atoms with E-state index < -0.39 is 17.2 Å². The van der Waals surface area contributed by atoms with Crippen LogP contribution in [-0.2, 0) is 26.5 Å². The number of hydrogen-bond donors (Lipinski definition) is 1. The molecule has 1 aromatic heterocycles. The highest BCUT2D eigenvalue weighted by atomic mass is 16.5. The Kier molecular flexibility index (Phi) is 3.28. The summed E-state index contributed by atoms with van der Waals surface area (Å²) >= 11 is 0. The van der Waals surface area contributed by atoms with E-state index in [-0.39, 0.29) is 36.5 Å². The Morgan fingerprint density at radius 3 is 2.71 bits per heavy atom. The molecule has 8 rings (SSSR count). The van der Waals surface area contributed by atoms with Crippen molar-refractivity contribution < 1.29 is 14.3 Å². The fourth-order valence-corrected chi connectivity index (χ4v) is 6.65. The lowest BCUT2D eigenvalue weighted by molar-refractivity contribution is -0.129. The van der Waals surface area contributed by atoms with Crippen LogP contribution in [0.2, 0.25) is 0 Å². The average Bonchev–Trinajstić information content (AvgIpc) is 3.42. The lowest BCUT2D eigenvalue weighted by Crippen LogP contribution is -2.51. The minimum Gasteiger partial charge on any atom is -0.351 e. The fourth-order valence-electron chi connectivity index (χ4n) is 6.65. The molecule has 5 heterocycles. The number of para-hydroxylation sites is 2. The van der Waals surface area contributed by atoms with E-state index in [4.69, 9.17) is 4.74 Å². The topological polar surface area (TPSA) is 96.8 Å². The molecule has 170 valence electrons. The molecule has 0 bridgehead atoms. The zero-order valence-electron chi connectivity index (χ0n) is 18.2. The van der Waals surface area contributed by atoms with Crippen LogP contribution in [0.1, 0.15) is 36.7 Å². The third-order valence-corrected chi connectivity index (χ3v) is 8.34. The van der Waals surface area contributed by atoms with E-state index in [1.54, 1.807) is 12.1 Å². The second-order valence-corrected chi connectivity index (χ2v) is 9.89. The molecule has 2 aromatic carbocycles. The van der Waals surface area contributed by atoms with Gasteiger partial charge in [0.15, 0.2) is 0 Å². The van der Waals surface area contributed by atoms with E-state index in [0.29, 0.717) is 23.5 Å². The Morgan fingerprint density at radius 1 is 1.06 bits per heavy atom. The molecule has 3 fully saturated rings. The lowest BCUT2D eigenvalue weighted by atomic mass is 9.85. The first-order valence-electron chi connectivity index (χ1n) is 11.7. The van der Waals surface area contributed by atoms with Crippen LogP contribution >= 0.6 is 0 Å². The van der Waals surface area contributed by atoms with Gasteiger partial charge in [-0.05, 0) is 31.0 Å². The first-order chi connectivity index (χ1) is 16.6. The van der Waals surface area contributed by atoms with Crippen molar-refractivity contribution in [2.75, 3.05) is 11.6 Å². The molecule has 0 radical (unpaired) electrons. The fraction of sp³-hybridized carbons (Fsp3) is 0.360. The van der Waals surface area contributed by atoms with Gasteiger partial charge in [0.2, 0.25) is 11.8 Å². The first-order valence-corrected chi connectivity index (χ1v) is 11.7. The predicted octanol–water partition coefficient (Wildman–Crippen LogP) is 1.36. The van der Waals surface area contributed by atoms with E-state index in [2.05, 4.69) is 15.2 Å². The number of fused-ring (bicyclic) bond motifs is 6. The Balaban J connectivity index is 1.32. The van der Waals surface area contributed by atoms with Gasteiger partial charge in [0.05, 0.1) is 23.1 Å². The van der Waals surface area contributed by atoms with E-state index in [0.717, 1.165) is 24.1 Å². The minimum absolute atomic E-state index is 0.119. The number of amides is 2. The summed E-state index contributed by atoms with van der Waals surface area (Å²) in [5.74, 6) is 0.418. The van der Waals surface area contributed by atoms with E-state index in [1.165, 1.54) is 4.57 Å². The molecule has 9 nitrogen and oxygen atoms in total. The number of ether oxygens (including phenoxy) is 1. The van der Waals surface area contributed by atoms with E-state index >= 15 is 0 Å². The molecule has 1 N–H and O–H groups in total. The number of rotatable bonds is 2. The van der Waals surface area contributed by atoms with Gasteiger partial charge < -0.3 is 10.1 Å². The van der Waals surface area contributed by atoms with Crippen LogP contribution in [0, 0.1) is 0 Å². The van der Waals surface area contributed by atoms with Gasteiger partial charge in [0, 0.05) is 12.0 Å². The summed E-state index contributed by atoms with van der Waals surface area (Å²) in [6.45, 7) is 0.524. The van der Waals surface area contributed by atoms with E-state index in [9.17, 15) is 14.4 Å². The van der Waals surface area contributed by atoms with Gasteiger partial charge in [-0.2, -0.15) is 0 Å². The van der Waals surface area contributed by atoms with Crippen molar-refractivity contribution in [3.05, 3.63) is 70.3 Å². The van der Waals surface area contributed by atoms with Crippen molar-refractivity contribution in [3.8, 4) is 0 Å². The van der Waals surface area contributed by atoms with Crippen LogP contribution in [-0.4, -0.2) is 44.7 Å². The molecule has 34 heavy (non-hydrogen) atoms. The van der Waals surface area contributed by atoms with Crippen molar-refractivity contribution in [1.29, 1.82) is 0 Å². The maximum absolute atomic E-state index is 13.6. The molecule has 2 saturated heterocycles. The molecule has 9 heteroatoms. The van der Waals surface area contributed by atoms with Crippen molar-refractivity contribution in [3.63, 3.8) is 0 Å². The van der Waals surface area contributed by atoms with Gasteiger partial charge in [-0.15, -0.1) is 0 Å². The molecule has 3 unspecified atom stereocenters. The summed E-state index contributed by atoms with van der Waals surface area (Å²) in [6, 6.07) is 14.2. The summed E-state index contributed by atoms with van der Waals surface area (Å²) in [5.41, 5.74) is 0.737. The highest BCUT2D eigenvalue weighted by Gasteiger charge is 2.75. The number of hydrogen-bond acceptors (Lipinski definition) is 6. The molecule has 4 aliphatic heterocycles. The Morgan fingerprint density at radius 2 is 1.85 bits per heavy atom. The maximum Gasteiger partial charge on any atom is 0.262 e. The summed E-state index contributed by atoms with van der Waals surface area (Å²) in [6.07, 6.45) is 1.57. The normalized spacial score (nSPS) is 29.9. The monoisotopic (exact) mass is 455 g/mol. The highest BCUT2D eigenvalue weighted by molar-refractivity contribution is 6.07. The van der Waals surface area contributed by atoms with Crippen LogP contribution in [0.5, 0.6) is 0 Å². The second-order valence-electron chi connectivity index (χ2n) is 9.89. The molecule has 1 spiro atoms. The van der Waals surface area contributed by atoms with Gasteiger partial charge in [-0.25, -0.2) is 9.88 Å². The number of aromatic nitrogens is 2. The molecule has 2 amide bonds. The van der Waals surface area contributed by atoms with Crippen LogP contribution in [0.25, 0.3) is 10.9 Å². The lowest BCUT2D eigenvalue weighted by Gasteiger charge is -2.35. The molecule has 5 aliphatic rings.